The molecule has 1 atom stereocenters. The summed E-state index contributed by atoms with van der Waals surface area (Å²) in [6.07, 6.45) is 6.89. The molecule has 0 saturated carbocycles. The first-order valence-electron chi connectivity index (χ1n) is 8.09. The van der Waals surface area contributed by atoms with Crippen LogP contribution in [0.4, 0.5) is 5.69 Å². The van der Waals surface area contributed by atoms with Crippen molar-refractivity contribution in [2.75, 3.05) is 11.1 Å². The van der Waals surface area contributed by atoms with Gasteiger partial charge in [0.1, 0.15) is 0 Å². The molecule has 0 bridgehead atoms. The Kier molecular flexibility index (Phi) is 7.79. The molecule has 1 rings (SSSR count). The molecule has 21 heavy (non-hydrogen) atoms. The Morgan fingerprint density at radius 2 is 1.67 bits per heavy atom. The monoisotopic (exact) mass is 311 g/mol. The van der Waals surface area contributed by atoms with Gasteiger partial charge < -0.3 is 5.32 Å². The van der Waals surface area contributed by atoms with Crippen LogP contribution >= 0.6 is 0 Å². The largest absolute Gasteiger partial charge is 0.383 e. The molecule has 4 heteroatoms. The van der Waals surface area contributed by atoms with Gasteiger partial charge in [-0.15, -0.1) is 0 Å². The normalized spacial score (nSPS) is 13.1. The summed E-state index contributed by atoms with van der Waals surface area (Å²) in [6.45, 7) is 6.28. The number of anilines is 1. The highest BCUT2D eigenvalue weighted by Crippen LogP contribution is 2.18. The highest BCUT2D eigenvalue weighted by atomic mass is 32.2. The molecule has 1 aromatic rings. The third kappa shape index (κ3) is 6.51. The van der Waals surface area contributed by atoms with Crippen LogP contribution in [-0.4, -0.2) is 20.2 Å². The summed E-state index contributed by atoms with van der Waals surface area (Å²) < 4.78 is 23.9. The van der Waals surface area contributed by atoms with E-state index in [1.54, 1.807) is 12.1 Å². The van der Waals surface area contributed by atoms with Crippen LogP contribution in [0.25, 0.3) is 0 Å². The van der Waals surface area contributed by atoms with Crippen molar-refractivity contribution in [3.05, 3.63) is 24.3 Å². The maximum atomic E-state index is 11.9. The molecule has 0 aliphatic carbocycles. The molecule has 0 saturated heterocycles. The maximum absolute atomic E-state index is 11.9. The Balaban J connectivity index is 2.51. The molecule has 0 heterocycles. The van der Waals surface area contributed by atoms with Crippen molar-refractivity contribution in [2.45, 2.75) is 70.2 Å². The minimum absolute atomic E-state index is 0.216. The van der Waals surface area contributed by atoms with Crippen LogP contribution in [0.1, 0.15) is 59.3 Å². The van der Waals surface area contributed by atoms with Gasteiger partial charge in [0.05, 0.1) is 10.6 Å². The van der Waals surface area contributed by atoms with E-state index in [1.807, 2.05) is 19.1 Å². The lowest BCUT2D eigenvalue weighted by atomic mass is 10.1. The second-order valence-corrected chi connectivity index (χ2v) is 7.85. The topological polar surface area (TPSA) is 46.2 Å². The molecular formula is C17H29NO2S. The Bertz CT molecular complexity index is 494. The van der Waals surface area contributed by atoms with Gasteiger partial charge in [0.15, 0.2) is 9.84 Å². The summed E-state index contributed by atoms with van der Waals surface area (Å²) in [7, 11) is -3.10. The molecule has 0 amide bonds. The number of sulfone groups is 1. The number of unbranched alkanes of at least 4 members (excludes halogenated alkanes) is 3. The van der Waals surface area contributed by atoms with E-state index in [1.165, 1.54) is 25.7 Å². The molecule has 1 unspecified atom stereocenters. The van der Waals surface area contributed by atoms with Crippen molar-refractivity contribution in [1.82, 2.24) is 0 Å². The summed E-state index contributed by atoms with van der Waals surface area (Å²) in [5, 5.41) is 3.43. The van der Waals surface area contributed by atoms with Crippen molar-refractivity contribution in [3.63, 3.8) is 0 Å². The number of hydrogen-bond donors (Lipinski definition) is 1. The number of nitrogens with one attached hydrogen (secondary N) is 1. The van der Waals surface area contributed by atoms with Gasteiger partial charge in [-0.05, 0) is 44.0 Å². The van der Waals surface area contributed by atoms with Gasteiger partial charge >= 0.3 is 0 Å². The summed E-state index contributed by atoms with van der Waals surface area (Å²) in [5.41, 5.74) is 0.994. The predicted octanol–water partition coefficient (Wildman–Crippen LogP) is 4.64. The summed E-state index contributed by atoms with van der Waals surface area (Å²) in [6, 6.07) is 7.56. The summed E-state index contributed by atoms with van der Waals surface area (Å²) in [5.74, 6) is 0.216. The van der Waals surface area contributed by atoms with Crippen LogP contribution in [0.15, 0.2) is 29.2 Å². The molecule has 1 aromatic carbocycles. The van der Waals surface area contributed by atoms with Crippen LogP contribution in [0.2, 0.25) is 0 Å². The molecule has 0 fully saturated rings. The zero-order valence-electron chi connectivity index (χ0n) is 13.6. The van der Waals surface area contributed by atoms with Gasteiger partial charge in [-0.2, -0.15) is 0 Å². The van der Waals surface area contributed by atoms with Crippen LogP contribution in [0.3, 0.4) is 0 Å². The highest BCUT2D eigenvalue weighted by molar-refractivity contribution is 7.91. The fourth-order valence-corrected chi connectivity index (χ4v) is 3.70. The zero-order valence-corrected chi connectivity index (χ0v) is 14.4. The lowest BCUT2D eigenvalue weighted by Crippen LogP contribution is -2.15. The molecule has 0 aliphatic heterocycles. The molecule has 0 aromatic heterocycles. The minimum atomic E-state index is -3.10. The first-order valence-corrected chi connectivity index (χ1v) is 9.74. The van der Waals surface area contributed by atoms with Gasteiger partial charge in [-0.25, -0.2) is 8.42 Å². The second-order valence-electron chi connectivity index (χ2n) is 5.74. The minimum Gasteiger partial charge on any atom is -0.383 e. The Labute approximate surface area is 130 Å². The molecule has 3 nitrogen and oxygen atoms in total. The van der Waals surface area contributed by atoms with Gasteiger partial charge in [0.2, 0.25) is 0 Å². The first-order chi connectivity index (χ1) is 9.99. The molecule has 120 valence electrons. The van der Waals surface area contributed by atoms with E-state index in [9.17, 15) is 8.42 Å². The molecule has 0 spiro atoms. The zero-order chi connectivity index (χ0) is 15.7. The van der Waals surface area contributed by atoms with Crippen LogP contribution in [0, 0.1) is 0 Å². The number of hydrogen-bond acceptors (Lipinski definition) is 3. The van der Waals surface area contributed by atoms with Crippen LogP contribution < -0.4 is 5.32 Å². The lowest BCUT2D eigenvalue weighted by molar-refractivity contribution is 0.593. The Morgan fingerprint density at radius 1 is 1.00 bits per heavy atom. The summed E-state index contributed by atoms with van der Waals surface area (Å²) >= 11 is 0. The van der Waals surface area contributed by atoms with Gasteiger partial charge in [0, 0.05) is 11.7 Å². The van der Waals surface area contributed by atoms with E-state index < -0.39 is 9.84 Å². The smallest absolute Gasteiger partial charge is 0.178 e. The Morgan fingerprint density at radius 3 is 2.24 bits per heavy atom. The van der Waals surface area contributed by atoms with Crippen molar-refractivity contribution in [2.24, 2.45) is 0 Å². The average molecular weight is 311 g/mol. The predicted molar refractivity (Wildman–Crippen MR) is 90.6 cm³/mol. The van der Waals surface area contributed by atoms with E-state index in [4.69, 9.17) is 0 Å². The Hall–Kier alpha value is -1.03. The maximum Gasteiger partial charge on any atom is 0.178 e. The van der Waals surface area contributed by atoms with E-state index in [2.05, 4.69) is 19.2 Å². The SMILES string of the molecule is CCCCCCC(C)Nc1ccc(S(=O)(=O)CCC)cc1. The third-order valence-electron chi connectivity index (χ3n) is 3.59. The van der Waals surface area contributed by atoms with E-state index >= 15 is 0 Å². The number of rotatable bonds is 10. The van der Waals surface area contributed by atoms with Crippen LogP contribution in [-0.2, 0) is 9.84 Å². The molecular weight excluding hydrogens is 282 g/mol. The van der Waals surface area contributed by atoms with Crippen LogP contribution in [0.5, 0.6) is 0 Å². The van der Waals surface area contributed by atoms with Crippen molar-refractivity contribution in [3.8, 4) is 0 Å². The van der Waals surface area contributed by atoms with E-state index in [0.717, 1.165) is 12.1 Å². The van der Waals surface area contributed by atoms with E-state index in [0.29, 0.717) is 17.4 Å². The molecule has 0 aliphatic rings. The fourth-order valence-electron chi connectivity index (χ4n) is 2.38. The van der Waals surface area contributed by atoms with Crippen molar-refractivity contribution >= 4 is 15.5 Å². The second kappa shape index (κ2) is 9.08. The lowest BCUT2D eigenvalue weighted by Gasteiger charge is -2.15. The van der Waals surface area contributed by atoms with E-state index in [-0.39, 0.29) is 5.75 Å². The number of benzene rings is 1. The first kappa shape index (κ1) is 18.0. The van der Waals surface area contributed by atoms with Gasteiger partial charge in [0.25, 0.3) is 0 Å². The summed E-state index contributed by atoms with van der Waals surface area (Å²) in [4.78, 5) is 0.422. The third-order valence-corrected chi connectivity index (χ3v) is 5.53. The van der Waals surface area contributed by atoms with Crippen molar-refractivity contribution < 1.29 is 8.42 Å². The van der Waals surface area contributed by atoms with Crippen molar-refractivity contribution in [1.29, 1.82) is 0 Å². The standard InChI is InChI=1S/C17H29NO2S/c1-4-6-7-8-9-15(3)18-16-10-12-17(13-11-16)21(19,20)14-5-2/h10-13,15,18H,4-9,14H2,1-3H3. The van der Waals surface area contributed by atoms with Gasteiger partial charge in [-0.3, -0.25) is 0 Å². The average Bonchev–Trinajstić information content (AvgIpc) is 2.44. The molecule has 1 N–H and O–H groups in total. The quantitative estimate of drug-likeness (QED) is 0.640. The fraction of sp³-hybridized carbons (Fsp3) is 0.647. The molecule has 0 radical (unpaired) electrons. The van der Waals surface area contributed by atoms with Gasteiger partial charge in [-0.1, -0.05) is 39.5 Å². The highest BCUT2D eigenvalue weighted by Gasteiger charge is 2.12.